The summed E-state index contributed by atoms with van der Waals surface area (Å²) in [6, 6.07) is 6.01. The first-order valence-corrected chi connectivity index (χ1v) is 8.73. The van der Waals surface area contributed by atoms with Crippen molar-refractivity contribution in [1.82, 2.24) is 15.1 Å². The molecule has 1 atom stereocenters. The smallest absolute Gasteiger partial charge is 0.257 e. The zero-order valence-corrected chi connectivity index (χ0v) is 14.3. The lowest BCUT2D eigenvalue weighted by Gasteiger charge is -2.58. The highest BCUT2D eigenvalue weighted by molar-refractivity contribution is 5.99. The van der Waals surface area contributed by atoms with Gasteiger partial charge in [0.2, 0.25) is 0 Å². The second-order valence-electron chi connectivity index (χ2n) is 7.51. The summed E-state index contributed by atoms with van der Waals surface area (Å²) in [6.07, 6.45) is 5.07. The van der Waals surface area contributed by atoms with E-state index in [0.29, 0.717) is 24.3 Å². The number of aromatic amines is 1. The molecule has 1 aliphatic heterocycles. The summed E-state index contributed by atoms with van der Waals surface area (Å²) in [5.74, 6) is -0.382. The van der Waals surface area contributed by atoms with E-state index in [-0.39, 0.29) is 17.1 Å². The lowest BCUT2D eigenvalue weighted by atomic mass is 9.53. The molecule has 132 valence electrons. The number of aliphatic hydroxyl groups is 1. The lowest BCUT2D eigenvalue weighted by Crippen LogP contribution is -2.60. The Bertz CT molecular complexity index is 789. The number of nitrogens with one attached hydrogen (secondary N) is 1. The molecule has 2 fully saturated rings. The summed E-state index contributed by atoms with van der Waals surface area (Å²) >= 11 is 0. The maximum absolute atomic E-state index is 13.1. The summed E-state index contributed by atoms with van der Waals surface area (Å²) < 4.78 is 13.1. The van der Waals surface area contributed by atoms with Crippen LogP contribution in [-0.2, 0) is 0 Å². The summed E-state index contributed by atoms with van der Waals surface area (Å²) in [5.41, 5.74) is 1.22. The number of hydrogen-bond donors (Lipinski definition) is 2. The van der Waals surface area contributed by atoms with E-state index in [0.717, 1.165) is 31.2 Å². The van der Waals surface area contributed by atoms with Crippen LogP contribution in [-0.4, -0.2) is 44.8 Å². The van der Waals surface area contributed by atoms with Gasteiger partial charge in [-0.1, -0.05) is 0 Å². The molecule has 1 unspecified atom stereocenters. The molecule has 1 aromatic carbocycles. The second kappa shape index (κ2) is 5.66. The number of rotatable bonds is 2. The van der Waals surface area contributed by atoms with Crippen LogP contribution < -0.4 is 0 Å². The van der Waals surface area contributed by atoms with E-state index in [4.69, 9.17) is 0 Å². The van der Waals surface area contributed by atoms with Crippen LogP contribution >= 0.6 is 0 Å². The van der Waals surface area contributed by atoms with Crippen molar-refractivity contribution in [3.63, 3.8) is 0 Å². The number of benzene rings is 1. The molecule has 1 saturated carbocycles. The predicted octanol–water partition coefficient (Wildman–Crippen LogP) is 2.98. The van der Waals surface area contributed by atoms with Gasteiger partial charge in [-0.25, -0.2) is 4.39 Å². The van der Waals surface area contributed by atoms with Gasteiger partial charge in [-0.15, -0.1) is 0 Å². The Labute approximate surface area is 145 Å². The quantitative estimate of drug-likeness (QED) is 0.881. The van der Waals surface area contributed by atoms with Crippen LogP contribution in [0.1, 0.15) is 43.0 Å². The summed E-state index contributed by atoms with van der Waals surface area (Å²) in [7, 11) is 0. The summed E-state index contributed by atoms with van der Waals surface area (Å²) in [6.45, 7) is 3.20. The van der Waals surface area contributed by atoms with E-state index >= 15 is 0 Å². The number of likely N-dealkylation sites (tertiary alicyclic amines) is 1. The van der Waals surface area contributed by atoms with Gasteiger partial charge in [0.1, 0.15) is 5.82 Å². The molecule has 0 radical (unpaired) electrons. The van der Waals surface area contributed by atoms with Crippen LogP contribution in [0.15, 0.2) is 30.5 Å². The molecule has 1 spiro atoms. The number of halogens is 1. The highest BCUT2D eigenvalue weighted by Crippen LogP contribution is 2.56. The van der Waals surface area contributed by atoms with Gasteiger partial charge in [0.05, 0.1) is 23.1 Å². The zero-order valence-electron chi connectivity index (χ0n) is 14.3. The topological polar surface area (TPSA) is 69.2 Å². The third kappa shape index (κ3) is 2.56. The van der Waals surface area contributed by atoms with E-state index in [1.54, 1.807) is 12.1 Å². The maximum atomic E-state index is 13.1. The molecule has 2 N–H and O–H groups in total. The molecular formula is C19H22FN3O2. The number of carbonyl (C=O) groups excluding carboxylic acids is 1. The van der Waals surface area contributed by atoms with Gasteiger partial charge in [-0.2, -0.15) is 5.10 Å². The van der Waals surface area contributed by atoms with Gasteiger partial charge in [0, 0.05) is 24.1 Å². The van der Waals surface area contributed by atoms with E-state index in [2.05, 4.69) is 10.2 Å². The van der Waals surface area contributed by atoms with Gasteiger partial charge in [-0.05, 0) is 56.9 Å². The molecule has 5 nitrogen and oxygen atoms in total. The van der Waals surface area contributed by atoms with Crippen molar-refractivity contribution in [2.75, 3.05) is 13.1 Å². The zero-order chi connectivity index (χ0) is 17.7. The van der Waals surface area contributed by atoms with Crippen LogP contribution in [0.2, 0.25) is 0 Å². The Kier molecular flexibility index (Phi) is 3.68. The second-order valence-corrected chi connectivity index (χ2v) is 7.51. The maximum Gasteiger partial charge on any atom is 0.257 e. The summed E-state index contributed by atoms with van der Waals surface area (Å²) in [5, 5.41) is 17.3. The molecule has 4 rings (SSSR count). The molecule has 1 saturated heterocycles. The van der Waals surface area contributed by atoms with Crippen LogP contribution in [0.4, 0.5) is 4.39 Å². The first-order chi connectivity index (χ1) is 11.9. The number of amides is 1. The molecule has 2 heterocycles. The predicted molar refractivity (Wildman–Crippen MR) is 91.4 cm³/mol. The van der Waals surface area contributed by atoms with Crippen molar-refractivity contribution < 1.29 is 14.3 Å². The van der Waals surface area contributed by atoms with Crippen molar-refractivity contribution in [2.45, 2.75) is 38.2 Å². The fraction of sp³-hybridized carbons (Fsp3) is 0.474. The van der Waals surface area contributed by atoms with Gasteiger partial charge in [-0.3, -0.25) is 9.89 Å². The Morgan fingerprint density at radius 1 is 1.20 bits per heavy atom. The monoisotopic (exact) mass is 343 g/mol. The Balaban J connectivity index is 1.51. The minimum atomic E-state index is -0.600. The number of hydrogen-bond acceptors (Lipinski definition) is 3. The van der Waals surface area contributed by atoms with Crippen molar-refractivity contribution >= 4 is 5.91 Å². The highest BCUT2D eigenvalue weighted by atomic mass is 19.1. The summed E-state index contributed by atoms with van der Waals surface area (Å²) in [4.78, 5) is 14.8. The van der Waals surface area contributed by atoms with Crippen LogP contribution in [0.3, 0.4) is 0 Å². The van der Waals surface area contributed by atoms with Crippen LogP contribution in [0, 0.1) is 11.2 Å². The molecule has 2 aliphatic rings. The van der Waals surface area contributed by atoms with E-state index in [1.807, 2.05) is 11.8 Å². The fourth-order valence-electron chi connectivity index (χ4n) is 4.22. The number of aromatic nitrogens is 2. The third-order valence-electron chi connectivity index (χ3n) is 6.24. The largest absolute Gasteiger partial charge is 0.390 e. The van der Waals surface area contributed by atoms with E-state index in [1.165, 1.54) is 18.3 Å². The molecule has 1 amide bonds. The molecule has 0 bridgehead atoms. The van der Waals surface area contributed by atoms with Crippen LogP contribution in [0.5, 0.6) is 0 Å². The Morgan fingerprint density at radius 3 is 2.44 bits per heavy atom. The van der Waals surface area contributed by atoms with Crippen molar-refractivity contribution in [2.24, 2.45) is 5.41 Å². The average Bonchev–Trinajstić information content (AvgIpc) is 3.10. The molecule has 25 heavy (non-hydrogen) atoms. The normalized spacial score (nSPS) is 25.0. The van der Waals surface area contributed by atoms with E-state index < -0.39 is 5.60 Å². The van der Waals surface area contributed by atoms with Crippen molar-refractivity contribution in [3.8, 4) is 11.3 Å². The minimum absolute atomic E-state index is 0.0278. The number of nitrogens with zero attached hydrogens (tertiary/aromatic N) is 2. The van der Waals surface area contributed by atoms with Gasteiger partial charge in [0.15, 0.2) is 0 Å². The molecule has 2 aromatic rings. The highest BCUT2D eigenvalue weighted by Gasteiger charge is 2.55. The average molecular weight is 343 g/mol. The SMILES string of the molecule is CC1(O)CCC12CCN(C(=O)c1cn[nH]c1-c1ccc(F)cc1)CC2. The molecule has 1 aromatic heterocycles. The van der Waals surface area contributed by atoms with Gasteiger partial charge >= 0.3 is 0 Å². The fourth-order valence-corrected chi connectivity index (χ4v) is 4.22. The van der Waals surface area contributed by atoms with E-state index in [9.17, 15) is 14.3 Å². The molecular weight excluding hydrogens is 321 g/mol. The first kappa shape index (κ1) is 16.3. The first-order valence-electron chi connectivity index (χ1n) is 8.73. The lowest BCUT2D eigenvalue weighted by molar-refractivity contribution is -0.174. The minimum Gasteiger partial charge on any atom is -0.390 e. The standard InChI is InChI=1S/C19H22FN3O2/c1-18(25)6-7-19(18)8-10-23(11-9-19)17(24)15-12-21-22-16(15)13-2-4-14(20)5-3-13/h2-5,12,25H,6-11H2,1H3,(H,21,22). The van der Waals surface area contributed by atoms with Gasteiger partial charge in [0.25, 0.3) is 5.91 Å². The van der Waals surface area contributed by atoms with Crippen molar-refractivity contribution in [3.05, 3.63) is 41.8 Å². The van der Waals surface area contributed by atoms with Gasteiger partial charge < -0.3 is 10.0 Å². The number of carbonyl (C=O) groups is 1. The Hall–Kier alpha value is -2.21. The molecule has 6 heteroatoms. The molecule has 1 aliphatic carbocycles. The number of H-pyrrole nitrogens is 1. The van der Waals surface area contributed by atoms with Crippen LogP contribution in [0.25, 0.3) is 11.3 Å². The third-order valence-corrected chi connectivity index (χ3v) is 6.24. The van der Waals surface area contributed by atoms with Crippen molar-refractivity contribution in [1.29, 1.82) is 0 Å². The number of piperidine rings is 1. The Morgan fingerprint density at radius 2 is 1.88 bits per heavy atom.